The number of hydrogen-bond donors (Lipinski definition) is 1. The van der Waals surface area contributed by atoms with Crippen LogP contribution in [0.5, 0.6) is 0 Å². The topological polar surface area (TPSA) is 21.3 Å². The first-order valence-electron chi connectivity index (χ1n) is 8.39. The number of rotatable bonds is 5. The molecule has 110 valence electrons. The molecule has 2 heteroatoms. The SMILES string of the molecule is CCCNC(C1=CCCCCCC1)C1CCC(C)O1. The molecule has 0 radical (unpaired) electrons. The minimum absolute atomic E-state index is 0.409. The van der Waals surface area contributed by atoms with Crippen molar-refractivity contribution in [2.24, 2.45) is 0 Å². The van der Waals surface area contributed by atoms with Crippen molar-refractivity contribution in [2.45, 2.75) is 89.9 Å². The normalized spacial score (nSPS) is 30.5. The molecule has 1 saturated heterocycles. The van der Waals surface area contributed by atoms with Gasteiger partial charge in [-0.25, -0.2) is 0 Å². The minimum atomic E-state index is 0.409. The zero-order chi connectivity index (χ0) is 13.5. The molecule has 1 N–H and O–H groups in total. The Labute approximate surface area is 119 Å². The van der Waals surface area contributed by atoms with Crippen LogP contribution in [0.3, 0.4) is 0 Å². The molecule has 3 unspecified atom stereocenters. The fourth-order valence-corrected chi connectivity index (χ4v) is 3.38. The fraction of sp³-hybridized carbons (Fsp3) is 0.882. The first kappa shape index (κ1) is 15.1. The van der Waals surface area contributed by atoms with Gasteiger partial charge in [0.1, 0.15) is 0 Å². The molecule has 0 amide bonds. The largest absolute Gasteiger partial charge is 0.373 e. The number of hydrogen-bond acceptors (Lipinski definition) is 2. The van der Waals surface area contributed by atoms with Crippen LogP contribution in [0.25, 0.3) is 0 Å². The second-order valence-corrected chi connectivity index (χ2v) is 6.23. The lowest BCUT2D eigenvalue weighted by atomic mass is 9.91. The maximum absolute atomic E-state index is 6.14. The van der Waals surface area contributed by atoms with Gasteiger partial charge in [0.25, 0.3) is 0 Å². The quantitative estimate of drug-likeness (QED) is 0.752. The highest BCUT2D eigenvalue weighted by atomic mass is 16.5. The predicted molar refractivity (Wildman–Crippen MR) is 81.4 cm³/mol. The molecule has 1 fully saturated rings. The van der Waals surface area contributed by atoms with Crippen LogP contribution in [0.15, 0.2) is 11.6 Å². The highest BCUT2D eigenvalue weighted by molar-refractivity contribution is 5.15. The van der Waals surface area contributed by atoms with Gasteiger partial charge in [0.15, 0.2) is 0 Å². The van der Waals surface area contributed by atoms with Crippen molar-refractivity contribution >= 4 is 0 Å². The fourth-order valence-electron chi connectivity index (χ4n) is 3.38. The molecule has 2 nitrogen and oxygen atoms in total. The summed E-state index contributed by atoms with van der Waals surface area (Å²) in [6, 6.07) is 0.475. The van der Waals surface area contributed by atoms with Crippen LogP contribution in [-0.4, -0.2) is 24.8 Å². The van der Waals surface area contributed by atoms with Crippen molar-refractivity contribution in [1.82, 2.24) is 5.32 Å². The lowest BCUT2D eigenvalue weighted by Gasteiger charge is -2.28. The Hall–Kier alpha value is -0.340. The molecule has 2 rings (SSSR count). The molecule has 3 atom stereocenters. The second kappa shape index (κ2) is 8.06. The zero-order valence-electron chi connectivity index (χ0n) is 12.8. The third-order valence-electron chi connectivity index (χ3n) is 4.48. The predicted octanol–water partition coefficient (Wildman–Crippen LogP) is 4.20. The Morgan fingerprint density at radius 3 is 2.84 bits per heavy atom. The summed E-state index contributed by atoms with van der Waals surface area (Å²) < 4.78 is 6.14. The van der Waals surface area contributed by atoms with Crippen LogP contribution in [0.2, 0.25) is 0 Å². The first-order valence-corrected chi connectivity index (χ1v) is 8.39. The molecule has 0 bridgehead atoms. The molecular formula is C17H31NO. The highest BCUT2D eigenvalue weighted by Gasteiger charge is 2.31. The molecule has 19 heavy (non-hydrogen) atoms. The van der Waals surface area contributed by atoms with Gasteiger partial charge in [0, 0.05) is 0 Å². The van der Waals surface area contributed by atoms with Crippen molar-refractivity contribution in [1.29, 1.82) is 0 Å². The van der Waals surface area contributed by atoms with E-state index >= 15 is 0 Å². The molecular weight excluding hydrogens is 234 g/mol. The van der Waals surface area contributed by atoms with Crippen LogP contribution in [0.4, 0.5) is 0 Å². The smallest absolute Gasteiger partial charge is 0.0771 e. The van der Waals surface area contributed by atoms with Gasteiger partial charge in [-0.1, -0.05) is 31.4 Å². The van der Waals surface area contributed by atoms with E-state index in [0.29, 0.717) is 18.2 Å². The Bertz CT molecular complexity index is 287. The van der Waals surface area contributed by atoms with Crippen molar-refractivity contribution in [2.75, 3.05) is 6.54 Å². The summed E-state index contributed by atoms with van der Waals surface area (Å²) >= 11 is 0. The molecule has 0 aromatic heterocycles. The molecule has 0 aromatic rings. The summed E-state index contributed by atoms with van der Waals surface area (Å²) in [6.45, 7) is 5.56. The molecule has 1 aliphatic carbocycles. The minimum Gasteiger partial charge on any atom is -0.373 e. The summed E-state index contributed by atoms with van der Waals surface area (Å²) in [5.41, 5.74) is 1.63. The van der Waals surface area contributed by atoms with E-state index in [-0.39, 0.29) is 0 Å². The van der Waals surface area contributed by atoms with E-state index in [1.165, 1.54) is 57.8 Å². The average molecular weight is 265 g/mol. The van der Waals surface area contributed by atoms with Gasteiger partial charge in [0.05, 0.1) is 18.2 Å². The van der Waals surface area contributed by atoms with Gasteiger partial charge in [-0.05, 0) is 58.4 Å². The van der Waals surface area contributed by atoms with Gasteiger partial charge < -0.3 is 10.1 Å². The number of allylic oxidation sites excluding steroid dienone is 1. The highest BCUT2D eigenvalue weighted by Crippen LogP contribution is 2.28. The van der Waals surface area contributed by atoms with Crippen LogP contribution < -0.4 is 5.32 Å². The van der Waals surface area contributed by atoms with Crippen molar-refractivity contribution in [3.63, 3.8) is 0 Å². The van der Waals surface area contributed by atoms with E-state index in [1.54, 1.807) is 5.57 Å². The number of ether oxygens (including phenoxy) is 1. The van der Waals surface area contributed by atoms with Gasteiger partial charge >= 0.3 is 0 Å². The third kappa shape index (κ3) is 4.61. The van der Waals surface area contributed by atoms with E-state index in [2.05, 4.69) is 25.2 Å². The zero-order valence-corrected chi connectivity index (χ0v) is 12.8. The van der Waals surface area contributed by atoms with Crippen molar-refractivity contribution in [3.8, 4) is 0 Å². The van der Waals surface area contributed by atoms with Crippen LogP contribution in [-0.2, 0) is 4.74 Å². The van der Waals surface area contributed by atoms with Crippen LogP contribution >= 0.6 is 0 Å². The third-order valence-corrected chi connectivity index (χ3v) is 4.48. The summed E-state index contributed by atoms with van der Waals surface area (Å²) in [5.74, 6) is 0. The van der Waals surface area contributed by atoms with E-state index in [0.717, 1.165) is 6.54 Å². The first-order chi connectivity index (χ1) is 9.31. The monoisotopic (exact) mass is 265 g/mol. The van der Waals surface area contributed by atoms with E-state index in [1.807, 2.05) is 0 Å². The summed E-state index contributed by atoms with van der Waals surface area (Å²) in [7, 11) is 0. The van der Waals surface area contributed by atoms with Gasteiger partial charge in [-0.15, -0.1) is 0 Å². The summed E-state index contributed by atoms with van der Waals surface area (Å²) in [4.78, 5) is 0. The average Bonchev–Trinajstić information content (AvgIpc) is 2.78. The standard InChI is InChI=1S/C17H31NO/c1-3-13-18-17(16-12-11-14(2)19-16)15-9-7-5-4-6-8-10-15/h9,14,16-18H,3-8,10-13H2,1-2H3. The van der Waals surface area contributed by atoms with Crippen LogP contribution in [0.1, 0.15) is 71.6 Å². The van der Waals surface area contributed by atoms with Crippen molar-refractivity contribution < 1.29 is 4.74 Å². The van der Waals surface area contributed by atoms with E-state index < -0.39 is 0 Å². The Morgan fingerprint density at radius 2 is 2.11 bits per heavy atom. The van der Waals surface area contributed by atoms with Crippen LogP contribution in [0, 0.1) is 0 Å². The number of nitrogens with one attached hydrogen (secondary N) is 1. The summed E-state index contributed by atoms with van der Waals surface area (Å²) in [5, 5.41) is 3.76. The molecule has 0 saturated carbocycles. The summed E-state index contributed by atoms with van der Waals surface area (Å²) in [6.07, 6.45) is 15.1. The Balaban J connectivity index is 2.02. The lowest BCUT2D eigenvalue weighted by molar-refractivity contribution is 0.0388. The van der Waals surface area contributed by atoms with Gasteiger partial charge in [0.2, 0.25) is 0 Å². The molecule has 0 spiro atoms. The maximum Gasteiger partial charge on any atom is 0.0771 e. The molecule has 1 aliphatic heterocycles. The van der Waals surface area contributed by atoms with Gasteiger partial charge in [-0.2, -0.15) is 0 Å². The molecule has 0 aromatic carbocycles. The van der Waals surface area contributed by atoms with E-state index in [9.17, 15) is 0 Å². The molecule has 2 aliphatic rings. The molecule has 1 heterocycles. The van der Waals surface area contributed by atoms with Crippen molar-refractivity contribution in [3.05, 3.63) is 11.6 Å². The Morgan fingerprint density at radius 1 is 1.26 bits per heavy atom. The lowest BCUT2D eigenvalue weighted by Crippen LogP contribution is -2.42. The maximum atomic E-state index is 6.14. The Kier molecular flexibility index (Phi) is 6.39. The van der Waals surface area contributed by atoms with E-state index in [4.69, 9.17) is 4.74 Å². The van der Waals surface area contributed by atoms with Gasteiger partial charge in [-0.3, -0.25) is 0 Å². The second-order valence-electron chi connectivity index (χ2n) is 6.23.